The van der Waals surface area contributed by atoms with Crippen molar-refractivity contribution in [2.75, 3.05) is 0 Å². The molecule has 0 spiro atoms. The molecule has 0 saturated heterocycles. The van der Waals surface area contributed by atoms with Crippen LogP contribution in [-0.4, -0.2) is 29.0 Å². The zero-order chi connectivity index (χ0) is 15.5. The number of aryl methyl sites for hydroxylation is 1. The summed E-state index contributed by atoms with van der Waals surface area (Å²) in [5, 5.41) is 9.27. The Morgan fingerprint density at radius 3 is 1.74 bits per heavy atom. The van der Waals surface area contributed by atoms with Gasteiger partial charge < -0.3 is 9.90 Å². The molecule has 0 aromatic carbocycles. The van der Waals surface area contributed by atoms with Crippen LogP contribution in [0.25, 0.3) is 0 Å². The number of carbonyl (C=O) groups excluding carboxylic acids is 1. The smallest absolute Gasteiger partial charge is 0.460 e. The average Bonchev–Trinajstić information content (AvgIpc) is 2.67. The molecule has 0 aliphatic carbocycles. The molecule has 1 N–H and O–H groups in total. The van der Waals surface area contributed by atoms with Crippen molar-refractivity contribution in [3.8, 4) is 0 Å². The predicted molar refractivity (Wildman–Crippen MR) is 42.9 cm³/mol. The molecule has 1 aromatic rings. The summed E-state index contributed by atoms with van der Waals surface area (Å²) >= 11 is 0. The molecule has 4 nitrogen and oxygen atoms in total. The number of carboxylic acid groups (broad SMARTS) is 1. The minimum absolute atomic E-state index is 1.88. The standard InChI is InChI=1S/C4HF7O2.C4H6N2/c5-2(6,1(12)13)3(7,8)4(9,10)11;1-6-3-2-5-4-6/h(H,12,13);2-4H,1H3. The van der Waals surface area contributed by atoms with Gasteiger partial charge in [0.05, 0.1) is 7.05 Å². The molecule has 11 heteroatoms. The van der Waals surface area contributed by atoms with Crippen LogP contribution < -0.4 is 9.67 Å². The molecule has 0 atom stereocenters. The molecule has 0 saturated carbocycles. The van der Waals surface area contributed by atoms with Gasteiger partial charge in [0.2, 0.25) is 6.33 Å². The Kier molecular flexibility index (Phi) is 4.93. The molecule has 0 unspecified atom stereocenters. The van der Waals surface area contributed by atoms with E-state index in [1.54, 1.807) is 0 Å². The quantitative estimate of drug-likeness (QED) is 0.635. The van der Waals surface area contributed by atoms with Crippen LogP contribution in [0.2, 0.25) is 0 Å². The first-order valence-electron chi connectivity index (χ1n) is 4.36. The molecule has 19 heavy (non-hydrogen) atoms. The minimum atomic E-state index is -6.64. The van der Waals surface area contributed by atoms with Crippen LogP contribution >= 0.6 is 0 Å². The van der Waals surface area contributed by atoms with E-state index in [0.717, 1.165) is 0 Å². The van der Waals surface area contributed by atoms with Crippen molar-refractivity contribution >= 4 is 5.97 Å². The second-order valence-corrected chi connectivity index (χ2v) is 3.21. The van der Waals surface area contributed by atoms with E-state index in [-0.39, 0.29) is 0 Å². The molecular formula is C8H7F7N2O2. The van der Waals surface area contributed by atoms with E-state index in [0.29, 0.717) is 0 Å². The number of H-pyrrole nitrogens is 1. The lowest BCUT2D eigenvalue weighted by molar-refractivity contribution is -0.670. The predicted octanol–water partition coefficient (Wildman–Crippen LogP) is 0.408. The van der Waals surface area contributed by atoms with Crippen molar-refractivity contribution in [1.82, 2.24) is 4.98 Å². The molecule has 0 radical (unpaired) electrons. The number of hydrogen-bond donors (Lipinski definition) is 1. The lowest BCUT2D eigenvalue weighted by atomic mass is 10.1. The second kappa shape index (κ2) is 5.45. The van der Waals surface area contributed by atoms with E-state index < -0.39 is 24.0 Å². The second-order valence-electron chi connectivity index (χ2n) is 3.21. The summed E-state index contributed by atoms with van der Waals surface area (Å²) in [6, 6.07) is 0. The van der Waals surface area contributed by atoms with Gasteiger partial charge in [-0.3, -0.25) is 4.98 Å². The van der Waals surface area contributed by atoms with Crippen molar-refractivity contribution in [3.63, 3.8) is 0 Å². The number of aromatic amines is 1. The fourth-order valence-corrected chi connectivity index (χ4v) is 0.670. The van der Waals surface area contributed by atoms with Crippen molar-refractivity contribution in [3.05, 3.63) is 18.7 Å². The van der Waals surface area contributed by atoms with Gasteiger partial charge in [-0.05, 0) is 0 Å². The number of alkyl halides is 7. The van der Waals surface area contributed by atoms with Crippen molar-refractivity contribution in [1.29, 1.82) is 0 Å². The summed E-state index contributed by atoms with van der Waals surface area (Å²) in [6.45, 7) is 0. The van der Waals surface area contributed by atoms with Crippen LogP contribution in [0.15, 0.2) is 18.7 Å². The maximum absolute atomic E-state index is 11.7. The number of aliphatic carboxylic acids is 1. The normalized spacial score (nSPS) is 12.6. The Morgan fingerprint density at radius 1 is 1.16 bits per heavy atom. The van der Waals surface area contributed by atoms with Gasteiger partial charge in [-0.25, -0.2) is 4.57 Å². The van der Waals surface area contributed by atoms with E-state index in [2.05, 4.69) is 4.98 Å². The zero-order valence-electron chi connectivity index (χ0n) is 9.14. The lowest BCUT2D eigenvalue weighted by Crippen LogP contribution is -2.60. The molecule has 0 amide bonds. The van der Waals surface area contributed by atoms with Crippen LogP contribution in [0.3, 0.4) is 0 Å². The Bertz CT molecular complexity index is 413. The van der Waals surface area contributed by atoms with Crippen LogP contribution in [0, 0.1) is 0 Å². The van der Waals surface area contributed by atoms with Gasteiger partial charge in [-0.1, -0.05) is 0 Å². The largest absolute Gasteiger partial charge is 0.544 e. The Labute approximate surface area is 101 Å². The molecule has 110 valence electrons. The highest BCUT2D eigenvalue weighted by Gasteiger charge is 2.73. The molecule has 0 aliphatic heterocycles. The summed E-state index contributed by atoms with van der Waals surface area (Å²) in [5.74, 6) is -16.7. The van der Waals surface area contributed by atoms with E-state index in [4.69, 9.17) is 0 Å². The van der Waals surface area contributed by atoms with E-state index in [9.17, 15) is 40.6 Å². The van der Waals surface area contributed by atoms with Gasteiger partial charge in [-0.2, -0.15) is 30.7 Å². The Balaban J connectivity index is 0.000000443. The van der Waals surface area contributed by atoms with Crippen LogP contribution in [-0.2, 0) is 11.8 Å². The number of aromatic nitrogens is 2. The van der Waals surface area contributed by atoms with E-state index in [1.807, 2.05) is 30.3 Å². The highest BCUT2D eigenvalue weighted by molar-refractivity contribution is 5.74. The number of imidazole rings is 1. The van der Waals surface area contributed by atoms with Gasteiger partial charge in [0.1, 0.15) is 18.4 Å². The van der Waals surface area contributed by atoms with Gasteiger partial charge in [0.25, 0.3) is 0 Å². The first kappa shape index (κ1) is 17.2. The Morgan fingerprint density at radius 2 is 1.63 bits per heavy atom. The van der Waals surface area contributed by atoms with Crippen LogP contribution in [0.4, 0.5) is 30.7 Å². The lowest BCUT2D eigenvalue weighted by Gasteiger charge is -2.28. The summed E-state index contributed by atoms with van der Waals surface area (Å²) in [7, 11) is 1.97. The number of rotatable bonds is 2. The van der Waals surface area contributed by atoms with Gasteiger partial charge in [0, 0.05) is 0 Å². The maximum Gasteiger partial charge on any atom is 0.460 e. The number of carbonyl (C=O) groups is 1. The van der Waals surface area contributed by atoms with Crippen molar-refractivity contribution in [2.24, 2.45) is 7.05 Å². The molecule has 0 fully saturated rings. The third-order valence-electron chi connectivity index (χ3n) is 1.69. The zero-order valence-corrected chi connectivity index (χ0v) is 9.14. The Hall–Kier alpha value is -1.81. The highest BCUT2D eigenvalue weighted by Crippen LogP contribution is 2.45. The molecule has 0 bridgehead atoms. The number of nitrogens with zero attached hydrogens (tertiary/aromatic N) is 1. The molecular weight excluding hydrogens is 289 g/mol. The van der Waals surface area contributed by atoms with E-state index >= 15 is 0 Å². The summed E-state index contributed by atoms with van der Waals surface area (Å²) in [5.41, 5.74) is 0. The fraction of sp³-hybridized carbons (Fsp3) is 0.500. The van der Waals surface area contributed by atoms with E-state index in [1.165, 1.54) is 0 Å². The van der Waals surface area contributed by atoms with Gasteiger partial charge in [-0.15, -0.1) is 0 Å². The van der Waals surface area contributed by atoms with Crippen molar-refractivity contribution in [2.45, 2.75) is 18.0 Å². The number of halogens is 7. The summed E-state index contributed by atoms with van der Waals surface area (Å²) in [4.78, 5) is 12.2. The van der Waals surface area contributed by atoms with Crippen molar-refractivity contribution < 1.29 is 45.2 Å². The molecule has 1 heterocycles. The minimum Gasteiger partial charge on any atom is -0.544 e. The number of hydrogen-bond acceptors (Lipinski definition) is 2. The van der Waals surface area contributed by atoms with Crippen LogP contribution in [0.5, 0.6) is 0 Å². The maximum atomic E-state index is 11.7. The molecule has 0 aliphatic rings. The number of nitrogens with one attached hydrogen (secondary N) is 1. The van der Waals surface area contributed by atoms with Gasteiger partial charge in [0.15, 0.2) is 0 Å². The topological polar surface area (TPSA) is 59.8 Å². The average molecular weight is 296 g/mol. The summed E-state index contributed by atoms with van der Waals surface area (Å²) in [6.07, 6.45) is -0.948. The fourth-order valence-electron chi connectivity index (χ4n) is 0.670. The number of carboxylic acids is 1. The first-order valence-corrected chi connectivity index (χ1v) is 4.36. The summed E-state index contributed by atoms with van der Waals surface area (Å²) < 4.78 is 82.2. The highest BCUT2D eigenvalue weighted by atomic mass is 19.4. The SMILES string of the molecule is C[n+]1cc[nH]c1.O=C([O-])C(F)(F)C(F)(F)C(F)(F)F. The third kappa shape index (κ3) is 3.83. The first-order chi connectivity index (χ1) is 8.34. The van der Waals surface area contributed by atoms with Crippen LogP contribution in [0.1, 0.15) is 0 Å². The molecule has 1 aromatic heterocycles. The third-order valence-corrected chi connectivity index (χ3v) is 1.69. The van der Waals surface area contributed by atoms with Gasteiger partial charge >= 0.3 is 18.0 Å². The monoisotopic (exact) mass is 296 g/mol. The molecule has 1 rings (SSSR count).